The van der Waals surface area contributed by atoms with Crippen LogP contribution in [0.2, 0.25) is 0 Å². The summed E-state index contributed by atoms with van der Waals surface area (Å²) in [6.07, 6.45) is 4.92. The van der Waals surface area contributed by atoms with Crippen molar-refractivity contribution in [3.8, 4) is 11.5 Å². The molecule has 1 heterocycles. The fourth-order valence-corrected chi connectivity index (χ4v) is 2.99. The van der Waals surface area contributed by atoms with Gasteiger partial charge < -0.3 is 20.1 Å². The monoisotopic (exact) mass is 328 g/mol. The Hall–Kier alpha value is -2.50. The van der Waals surface area contributed by atoms with Crippen molar-refractivity contribution in [1.29, 1.82) is 0 Å². The van der Waals surface area contributed by atoms with Crippen LogP contribution in [0.25, 0.3) is 0 Å². The van der Waals surface area contributed by atoms with Crippen LogP contribution in [0.4, 0.5) is 17.5 Å². The summed E-state index contributed by atoms with van der Waals surface area (Å²) in [5.74, 6) is 2.87. The Kier molecular flexibility index (Phi) is 5.03. The van der Waals surface area contributed by atoms with Gasteiger partial charge in [0.15, 0.2) is 0 Å². The van der Waals surface area contributed by atoms with Gasteiger partial charge in [-0.1, -0.05) is 12.8 Å². The molecule has 0 bridgehead atoms. The number of hydrogen-bond donors (Lipinski definition) is 2. The van der Waals surface area contributed by atoms with E-state index in [4.69, 9.17) is 9.47 Å². The second-order valence-electron chi connectivity index (χ2n) is 6.04. The Bertz CT molecular complexity index is 699. The minimum absolute atomic E-state index is 0.482. The minimum atomic E-state index is 0.482. The van der Waals surface area contributed by atoms with E-state index in [-0.39, 0.29) is 0 Å². The summed E-state index contributed by atoms with van der Waals surface area (Å²) in [6, 6.07) is 8.04. The first kappa shape index (κ1) is 16.4. The van der Waals surface area contributed by atoms with E-state index >= 15 is 0 Å². The number of nitrogens with zero attached hydrogens (tertiary/aromatic N) is 2. The van der Waals surface area contributed by atoms with E-state index in [1.54, 1.807) is 14.2 Å². The highest BCUT2D eigenvalue weighted by Crippen LogP contribution is 2.31. The Morgan fingerprint density at radius 1 is 1.04 bits per heavy atom. The number of methoxy groups -OCH3 is 2. The number of aryl methyl sites for hydroxylation is 1. The molecule has 2 aromatic rings. The van der Waals surface area contributed by atoms with Crippen LogP contribution in [0.15, 0.2) is 24.3 Å². The van der Waals surface area contributed by atoms with Crippen LogP contribution in [-0.2, 0) is 0 Å². The van der Waals surface area contributed by atoms with Crippen LogP contribution in [0.1, 0.15) is 31.4 Å². The van der Waals surface area contributed by atoms with Gasteiger partial charge >= 0.3 is 0 Å². The number of anilines is 3. The van der Waals surface area contributed by atoms with Crippen molar-refractivity contribution in [2.45, 2.75) is 38.6 Å². The van der Waals surface area contributed by atoms with Crippen LogP contribution in [0.3, 0.4) is 0 Å². The molecule has 0 atom stereocenters. The SMILES string of the molecule is COc1ccc(Nc2cc(C)nc(NC3CCCC3)n2)c(OC)c1. The average molecular weight is 328 g/mol. The highest BCUT2D eigenvalue weighted by molar-refractivity contribution is 5.66. The van der Waals surface area contributed by atoms with Gasteiger partial charge in [0, 0.05) is 23.9 Å². The lowest BCUT2D eigenvalue weighted by Crippen LogP contribution is -2.17. The maximum Gasteiger partial charge on any atom is 0.225 e. The largest absolute Gasteiger partial charge is 0.497 e. The van der Waals surface area contributed by atoms with E-state index in [0.29, 0.717) is 17.7 Å². The second kappa shape index (κ2) is 7.38. The summed E-state index contributed by atoms with van der Waals surface area (Å²) < 4.78 is 10.7. The summed E-state index contributed by atoms with van der Waals surface area (Å²) in [5, 5.41) is 6.75. The zero-order valence-electron chi connectivity index (χ0n) is 14.4. The number of benzene rings is 1. The Labute approximate surface area is 142 Å². The summed E-state index contributed by atoms with van der Waals surface area (Å²) in [7, 11) is 3.27. The Morgan fingerprint density at radius 3 is 2.54 bits per heavy atom. The van der Waals surface area contributed by atoms with Crippen LogP contribution in [-0.4, -0.2) is 30.2 Å². The lowest BCUT2D eigenvalue weighted by molar-refractivity contribution is 0.395. The first-order chi connectivity index (χ1) is 11.7. The molecule has 1 aromatic heterocycles. The predicted octanol–water partition coefficient (Wildman–Crippen LogP) is 3.90. The molecule has 2 N–H and O–H groups in total. The molecule has 0 amide bonds. The summed E-state index contributed by atoms with van der Waals surface area (Å²) >= 11 is 0. The van der Waals surface area contributed by atoms with Crippen molar-refractivity contribution in [3.05, 3.63) is 30.0 Å². The molecule has 1 aliphatic rings. The highest BCUT2D eigenvalue weighted by Gasteiger charge is 2.16. The number of ether oxygens (including phenoxy) is 2. The predicted molar refractivity (Wildman–Crippen MR) is 95.5 cm³/mol. The summed E-state index contributed by atoms with van der Waals surface area (Å²) in [5.41, 5.74) is 1.75. The fourth-order valence-electron chi connectivity index (χ4n) is 2.99. The Morgan fingerprint density at radius 2 is 1.83 bits per heavy atom. The zero-order valence-corrected chi connectivity index (χ0v) is 14.4. The Balaban J connectivity index is 1.80. The third-order valence-electron chi connectivity index (χ3n) is 4.21. The molecule has 0 radical (unpaired) electrons. The van der Waals surface area contributed by atoms with Crippen molar-refractivity contribution in [1.82, 2.24) is 9.97 Å². The van der Waals surface area contributed by atoms with Crippen LogP contribution < -0.4 is 20.1 Å². The van der Waals surface area contributed by atoms with Gasteiger partial charge in [-0.05, 0) is 31.9 Å². The molecule has 128 valence electrons. The maximum absolute atomic E-state index is 5.43. The first-order valence-electron chi connectivity index (χ1n) is 8.29. The number of hydrogen-bond acceptors (Lipinski definition) is 6. The van der Waals surface area contributed by atoms with Crippen molar-refractivity contribution in [3.63, 3.8) is 0 Å². The van der Waals surface area contributed by atoms with E-state index in [0.717, 1.165) is 22.9 Å². The van der Waals surface area contributed by atoms with E-state index in [1.807, 2.05) is 31.2 Å². The summed E-state index contributed by atoms with van der Waals surface area (Å²) in [4.78, 5) is 9.09. The lowest BCUT2D eigenvalue weighted by atomic mass is 10.2. The van der Waals surface area contributed by atoms with Gasteiger partial charge in [-0.3, -0.25) is 0 Å². The third-order valence-corrected chi connectivity index (χ3v) is 4.21. The van der Waals surface area contributed by atoms with Crippen molar-refractivity contribution >= 4 is 17.5 Å². The molecule has 3 rings (SSSR count). The standard InChI is InChI=1S/C18H24N4O2/c1-12-10-17(22-18(19-12)20-13-6-4-5-7-13)21-15-9-8-14(23-2)11-16(15)24-3/h8-11,13H,4-7H2,1-3H3,(H2,19,20,21,22). The molecule has 6 heteroatoms. The maximum atomic E-state index is 5.43. The van der Waals surface area contributed by atoms with Gasteiger partial charge in [-0.2, -0.15) is 4.98 Å². The van der Waals surface area contributed by atoms with E-state index < -0.39 is 0 Å². The van der Waals surface area contributed by atoms with E-state index in [1.165, 1.54) is 25.7 Å². The van der Waals surface area contributed by atoms with Gasteiger partial charge in [0.25, 0.3) is 0 Å². The average Bonchev–Trinajstić information content (AvgIpc) is 3.07. The second-order valence-corrected chi connectivity index (χ2v) is 6.04. The quantitative estimate of drug-likeness (QED) is 0.838. The molecule has 1 saturated carbocycles. The third kappa shape index (κ3) is 3.88. The first-order valence-corrected chi connectivity index (χ1v) is 8.29. The van der Waals surface area contributed by atoms with Crippen molar-refractivity contribution < 1.29 is 9.47 Å². The lowest BCUT2D eigenvalue weighted by Gasteiger charge is -2.15. The van der Waals surface area contributed by atoms with Gasteiger partial charge in [-0.15, -0.1) is 0 Å². The minimum Gasteiger partial charge on any atom is -0.497 e. The highest BCUT2D eigenvalue weighted by atomic mass is 16.5. The molecule has 0 unspecified atom stereocenters. The van der Waals surface area contributed by atoms with E-state index in [9.17, 15) is 0 Å². The molecule has 0 spiro atoms. The van der Waals surface area contributed by atoms with Crippen LogP contribution in [0, 0.1) is 6.92 Å². The molecule has 0 aliphatic heterocycles. The number of rotatable bonds is 6. The van der Waals surface area contributed by atoms with Gasteiger partial charge in [0.1, 0.15) is 17.3 Å². The summed E-state index contributed by atoms with van der Waals surface area (Å²) in [6.45, 7) is 1.97. The van der Waals surface area contributed by atoms with E-state index in [2.05, 4.69) is 20.6 Å². The molecule has 1 aliphatic carbocycles. The number of nitrogens with one attached hydrogen (secondary N) is 2. The molecular weight excluding hydrogens is 304 g/mol. The molecule has 24 heavy (non-hydrogen) atoms. The van der Waals surface area contributed by atoms with Crippen LogP contribution >= 0.6 is 0 Å². The van der Waals surface area contributed by atoms with Crippen molar-refractivity contribution in [2.75, 3.05) is 24.9 Å². The topological polar surface area (TPSA) is 68.3 Å². The smallest absolute Gasteiger partial charge is 0.225 e. The fraction of sp³-hybridized carbons (Fsp3) is 0.444. The van der Waals surface area contributed by atoms with Gasteiger partial charge in [0.2, 0.25) is 5.95 Å². The van der Waals surface area contributed by atoms with Crippen molar-refractivity contribution in [2.24, 2.45) is 0 Å². The molecule has 1 aromatic carbocycles. The molecular formula is C18H24N4O2. The molecule has 0 saturated heterocycles. The molecule has 6 nitrogen and oxygen atoms in total. The van der Waals surface area contributed by atoms with Gasteiger partial charge in [0.05, 0.1) is 19.9 Å². The zero-order chi connectivity index (χ0) is 16.9. The van der Waals surface area contributed by atoms with Crippen LogP contribution in [0.5, 0.6) is 11.5 Å². The number of aromatic nitrogens is 2. The normalized spacial score (nSPS) is 14.5. The van der Waals surface area contributed by atoms with Gasteiger partial charge in [-0.25, -0.2) is 4.98 Å². The molecule has 1 fully saturated rings.